The van der Waals surface area contributed by atoms with Crippen LogP contribution < -0.4 is 10.1 Å². The monoisotopic (exact) mass is 398 g/mol. The van der Waals surface area contributed by atoms with E-state index < -0.39 is 0 Å². The van der Waals surface area contributed by atoms with E-state index in [2.05, 4.69) is 17.4 Å². The third-order valence-electron chi connectivity index (χ3n) is 6.17. The third kappa shape index (κ3) is 3.13. The molecule has 5 nitrogen and oxygen atoms in total. The Bertz CT molecular complexity index is 863. The van der Waals surface area contributed by atoms with Gasteiger partial charge in [0.1, 0.15) is 11.9 Å². The number of carbonyl (C=O) groups excluding carboxylic acids is 1. The minimum absolute atomic E-state index is 0.0278. The van der Waals surface area contributed by atoms with Crippen LogP contribution in [0.2, 0.25) is 0 Å². The van der Waals surface area contributed by atoms with Crippen LogP contribution in [0.1, 0.15) is 38.5 Å². The molecule has 0 aliphatic carbocycles. The Morgan fingerprint density at radius 2 is 2.14 bits per heavy atom. The second-order valence-corrected chi connectivity index (χ2v) is 9.16. The van der Waals surface area contributed by atoms with Gasteiger partial charge in [-0.2, -0.15) is 0 Å². The number of benzene rings is 1. The Labute approximate surface area is 169 Å². The number of likely N-dealkylation sites (N-methyl/N-ethyl adjacent to an activating group) is 1. The van der Waals surface area contributed by atoms with Gasteiger partial charge in [-0.25, -0.2) is 0 Å². The molecule has 0 saturated carbocycles. The van der Waals surface area contributed by atoms with E-state index in [4.69, 9.17) is 9.47 Å². The Morgan fingerprint density at radius 1 is 1.32 bits per heavy atom. The molecular formula is C22H26N2O3S. The maximum absolute atomic E-state index is 13.1. The normalized spacial score (nSPS) is 22.4. The number of para-hydroxylation sites is 1. The molecule has 4 heterocycles. The summed E-state index contributed by atoms with van der Waals surface area (Å²) in [7, 11) is 1.88. The summed E-state index contributed by atoms with van der Waals surface area (Å²) in [6.45, 7) is 3.29. The minimum atomic E-state index is -0.192. The molecule has 1 fully saturated rings. The van der Waals surface area contributed by atoms with Crippen LogP contribution in [-0.2, 0) is 23.2 Å². The summed E-state index contributed by atoms with van der Waals surface area (Å²) in [5.74, 6) is 1.04. The number of rotatable bonds is 3. The fourth-order valence-corrected chi connectivity index (χ4v) is 5.92. The van der Waals surface area contributed by atoms with Gasteiger partial charge >= 0.3 is 0 Å². The number of thiophene rings is 1. The number of nitrogens with zero attached hydrogens (tertiary/aromatic N) is 1. The van der Waals surface area contributed by atoms with Crippen LogP contribution >= 0.6 is 11.3 Å². The molecule has 1 unspecified atom stereocenters. The molecule has 0 bridgehead atoms. The second kappa shape index (κ2) is 7.17. The van der Waals surface area contributed by atoms with Gasteiger partial charge in [-0.05, 0) is 49.2 Å². The first-order valence-corrected chi connectivity index (χ1v) is 10.9. The van der Waals surface area contributed by atoms with Crippen molar-refractivity contribution in [3.8, 4) is 5.75 Å². The average Bonchev–Trinajstić information content (AvgIpc) is 3.32. The quantitative estimate of drug-likeness (QED) is 0.864. The number of ether oxygens (including phenoxy) is 2. The summed E-state index contributed by atoms with van der Waals surface area (Å²) in [5.41, 5.74) is 2.29. The maximum atomic E-state index is 13.1. The SMILES string of the molecule is CN(CC1Cc2ccccc2O1)C(=O)c1cc2c(s1)CCOC21CCNCC1. The number of fused-ring (bicyclic) bond motifs is 3. The van der Waals surface area contributed by atoms with Crippen molar-refractivity contribution in [2.24, 2.45) is 0 Å². The van der Waals surface area contributed by atoms with Gasteiger partial charge in [0.05, 0.1) is 23.6 Å². The van der Waals surface area contributed by atoms with Gasteiger partial charge in [0.25, 0.3) is 5.91 Å². The molecule has 1 N–H and O–H groups in total. The molecule has 6 heteroatoms. The van der Waals surface area contributed by atoms with Crippen molar-refractivity contribution in [2.45, 2.75) is 37.4 Å². The molecular weight excluding hydrogens is 372 g/mol. The number of amides is 1. The fraction of sp³-hybridized carbons (Fsp3) is 0.500. The van der Waals surface area contributed by atoms with E-state index in [-0.39, 0.29) is 17.6 Å². The van der Waals surface area contributed by atoms with E-state index in [9.17, 15) is 4.79 Å². The molecule has 0 radical (unpaired) electrons. The third-order valence-corrected chi connectivity index (χ3v) is 7.35. The Morgan fingerprint density at radius 3 is 2.96 bits per heavy atom. The summed E-state index contributed by atoms with van der Waals surface area (Å²) in [4.78, 5) is 17.1. The van der Waals surface area contributed by atoms with Crippen molar-refractivity contribution < 1.29 is 14.3 Å². The van der Waals surface area contributed by atoms with E-state index in [1.807, 2.05) is 30.1 Å². The summed E-state index contributed by atoms with van der Waals surface area (Å²) < 4.78 is 12.3. The van der Waals surface area contributed by atoms with E-state index in [1.54, 1.807) is 11.3 Å². The standard InChI is InChI=1S/C22H26N2O3S/c1-24(14-16-12-15-4-2-3-5-18(15)27-16)21(25)20-13-17-19(28-20)6-11-26-22(17)7-9-23-10-8-22/h2-5,13,16,23H,6-12,14H2,1H3. The lowest BCUT2D eigenvalue weighted by Crippen LogP contribution is -2.44. The second-order valence-electron chi connectivity index (χ2n) is 8.03. The highest BCUT2D eigenvalue weighted by molar-refractivity contribution is 7.14. The van der Waals surface area contributed by atoms with E-state index >= 15 is 0 Å². The molecule has 1 aromatic heterocycles. The molecule has 1 saturated heterocycles. The van der Waals surface area contributed by atoms with Crippen LogP contribution in [0.25, 0.3) is 0 Å². The van der Waals surface area contributed by atoms with Crippen molar-refractivity contribution in [3.63, 3.8) is 0 Å². The lowest BCUT2D eigenvalue weighted by molar-refractivity contribution is -0.0792. The van der Waals surface area contributed by atoms with Gasteiger partial charge in [-0.1, -0.05) is 18.2 Å². The van der Waals surface area contributed by atoms with Gasteiger partial charge in [-0.15, -0.1) is 11.3 Å². The lowest BCUT2D eigenvalue weighted by Gasteiger charge is -2.40. The van der Waals surface area contributed by atoms with Crippen LogP contribution in [0.3, 0.4) is 0 Å². The van der Waals surface area contributed by atoms with E-state index in [0.717, 1.165) is 56.0 Å². The fourth-order valence-electron chi connectivity index (χ4n) is 4.70. The molecule has 2 aromatic rings. The van der Waals surface area contributed by atoms with Gasteiger partial charge < -0.3 is 19.7 Å². The Hall–Kier alpha value is -1.89. The summed E-state index contributed by atoms with van der Waals surface area (Å²) in [6.07, 6.45) is 3.76. The minimum Gasteiger partial charge on any atom is -0.488 e. The first-order chi connectivity index (χ1) is 13.6. The van der Waals surface area contributed by atoms with Gasteiger partial charge in [0.15, 0.2) is 0 Å². The molecule has 5 rings (SSSR count). The van der Waals surface area contributed by atoms with Crippen molar-refractivity contribution in [1.82, 2.24) is 10.2 Å². The summed E-state index contributed by atoms with van der Waals surface area (Å²) >= 11 is 1.65. The number of nitrogens with one attached hydrogen (secondary N) is 1. The Kier molecular flexibility index (Phi) is 4.65. The molecule has 1 amide bonds. The van der Waals surface area contributed by atoms with Crippen molar-refractivity contribution in [1.29, 1.82) is 0 Å². The molecule has 148 valence electrons. The van der Waals surface area contributed by atoms with E-state index in [1.165, 1.54) is 16.0 Å². The molecule has 1 atom stereocenters. The van der Waals surface area contributed by atoms with Gasteiger partial charge in [0, 0.05) is 24.8 Å². The number of carbonyl (C=O) groups is 1. The zero-order valence-electron chi connectivity index (χ0n) is 16.2. The average molecular weight is 399 g/mol. The highest BCUT2D eigenvalue weighted by Gasteiger charge is 2.41. The first-order valence-electron chi connectivity index (χ1n) is 10.1. The van der Waals surface area contributed by atoms with Crippen molar-refractivity contribution in [2.75, 3.05) is 33.3 Å². The highest BCUT2D eigenvalue weighted by Crippen LogP contribution is 2.43. The molecule has 1 spiro atoms. The molecule has 1 aromatic carbocycles. The Balaban J connectivity index is 1.31. The van der Waals surface area contributed by atoms with Crippen molar-refractivity contribution in [3.05, 3.63) is 51.2 Å². The first kappa shape index (κ1) is 18.2. The highest BCUT2D eigenvalue weighted by atomic mass is 32.1. The zero-order chi connectivity index (χ0) is 19.1. The topological polar surface area (TPSA) is 50.8 Å². The molecule has 3 aliphatic heterocycles. The van der Waals surface area contributed by atoms with Crippen LogP contribution in [-0.4, -0.2) is 50.2 Å². The maximum Gasteiger partial charge on any atom is 0.263 e. The van der Waals surface area contributed by atoms with Crippen LogP contribution in [0.4, 0.5) is 0 Å². The largest absolute Gasteiger partial charge is 0.488 e. The van der Waals surface area contributed by atoms with Crippen LogP contribution in [0.15, 0.2) is 30.3 Å². The van der Waals surface area contributed by atoms with E-state index in [0.29, 0.717) is 6.54 Å². The van der Waals surface area contributed by atoms with Crippen LogP contribution in [0.5, 0.6) is 5.75 Å². The zero-order valence-corrected chi connectivity index (χ0v) is 17.0. The van der Waals surface area contributed by atoms with Crippen LogP contribution in [0, 0.1) is 0 Å². The summed E-state index contributed by atoms with van der Waals surface area (Å²) in [6, 6.07) is 10.2. The lowest BCUT2D eigenvalue weighted by atomic mass is 9.83. The number of hydrogen-bond acceptors (Lipinski definition) is 5. The van der Waals surface area contributed by atoms with Gasteiger partial charge in [-0.3, -0.25) is 4.79 Å². The predicted octanol–water partition coefficient (Wildman–Crippen LogP) is 2.98. The summed E-state index contributed by atoms with van der Waals surface area (Å²) in [5, 5.41) is 3.42. The molecule has 28 heavy (non-hydrogen) atoms. The smallest absolute Gasteiger partial charge is 0.263 e. The van der Waals surface area contributed by atoms with Crippen molar-refractivity contribution >= 4 is 17.2 Å². The van der Waals surface area contributed by atoms with Gasteiger partial charge in [0.2, 0.25) is 0 Å². The number of piperidine rings is 1. The number of hydrogen-bond donors (Lipinski definition) is 1. The predicted molar refractivity (Wildman–Crippen MR) is 109 cm³/mol. The molecule has 3 aliphatic rings.